The maximum Gasteiger partial charge on any atom is 0.227 e. The first-order valence-electron chi connectivity index (χ1n) is 9.45. The van der Waals surface area contributed by atoms with E-state index in [0.717, 1.165) is 37.0 Å². The van der Waals surface area contributed by atoms with Gasteiger partial charge in [0.2, 0.25) is 5.91 Å². The molecule has 1 N–H and O–H groups in total. The highest BCUT2D eigenvalue weighted by Crippen LogP contribution is 2.13. The van der Waals surface area contributed by atoms with E-state index in [1.54, 1.807) is 4.68 Å². The van der Waals surface area contributed by atoms with Gasteiger partial charge in [0, 0.05) is 44.8 Å². The Labute approximate surface area is 193 Å². The molecule has 2 heterocycles. The molecule has 0 atom stereocenters. The molecule has 0 spiro atoms. The van der Waals surface area contributed by atoms with Crippen molar-refractivity contribution in [3.8, 4) is 0 Å². The van der Waals surface area contributed by atoms with Gasteiger partial charge in [-0.15, -0.1) is 24.0 Å². The number of hydrogen-bond donors (Lipinski definition) is 1. The quantitative estimate of drug-likeness (QED) is 0.363. The maximum atomic E-state index is 12.6. The molecular formula is C19H27ClIN7O. The van der Waals surface area contributed by atoms with Crippen LogP contribution in [0.1, 0.15) is 18.3 Å². The minimum absolute atomic E-state index is 0. The fourth-order valence-corrected chi connectivity index (χ4v) is 3.35. The summed E-state index contributed by atoms with van der Waals surface area (Å²) in [5, 5.41) is 8.05. The summed E-state index contributed by atoms with van der Waals surface area (Å²) in [6.07, 6.45) is 1.91. The Kier molecular flexibility index (Phi) is 9.15. The fourth-order valence-electron chi connectivity index (χ4n) is 3.14. The number of rotatable bonds is 5. The molecule has 3 rings (SSSR count). The van der Waals surface area contributed by atoms with E-state index >= 15 is 0 Å². The van der Waals surface area contributed by atoms with Gasteiger partial charge in [-0.1, -0.05) is 23.7 Å². The number of carbonyl (C=O) groups excluding carboxylic acids is 1. The fraction of sp³-hybridized carbons (Fsp3) is 0.474. The van der Waals surface area contributed by atoms with Crippen molar-refractivity contribution in [3.05, 3.63) is 47.0 Å². The van der Waals surface area contributed by atoms with Crippen LogP contribution in [-0.4, -0.2) is 69.2 Å². The minimum atomic E-state index is 0. The van der Waals surface area contributed by atoms with Gasteiger partial charge in [-0.2, -0.15) is 5.10 Å². The topological polar surface area (TPSA) is 78.7 Å². The van der Waals surface area contributed by atoms with Crippen LogP contribution in [0.5, 0.6) is 0 Å². The van der Waals surface area contributed by atoms with Gasteiger partial charge < -0.3 is 15.1 Å². The van der Waals surface area contributed by atoms with Gasteiger partial charge in [0.1, 0.15) is 18.7 Å². The van der Waals surface area contributed by atoms with Crippen molar-refractivity contribution in [1.82, 2.24) is 29.9 Å². The second kappa shape index (κ2) is 11.3. The summed E-state index contributed by atoms with van der Waals surface area (Å²) in [7, 11) is 1.86. The number of nitrogens with one attached hydrogen (secondary N) is 1. The zero-order chi connectivity index (χ0) is 19.9. The zero-order valence-corrected chi connectivity index (χ0v) is 19.8. The van der Waals surface area contributed by atoms with Gasteiger partial charge >= 0.3 is 0 Å². The van der Waals surface area contributed by atoms with Crippen LogP contribution < -0.4 is 5.32 Å². The Morgan fingerprint density at radius 1 is 1.24 bits per heavy atom. The van der Waals surface area contributed by atoms with Crippen LogP contribution in [0.4, 0.5) is 0 Å². The number of carbonyl (C=O) groups is 1. The number of aryl methyl sites for hydroxylation is 1. The molecule has 1 amide bonds. The van der Waals surface area contributed by atoms with Crippen LogP contribution in [0.3, 0.4) is 0 Å². The van der Waals surface area contributed by atoms with E-state index in [2.05, 4.69) is 25.3 Å². The molecule has 29 heavy (non-hydrogen) atoms. The van der Waals surface area contributed by atoms with Crippen LogP contribution in [-0.2, 0) is 24.8 Å². The standard InChI is InChI=1S/C19H26ClN7O.HI/c1-3-21-19(22-13-17-23-14-24-25(17)2)27-9-7-26(8-10-27)18(28)12-15-5-4-6-16(20)11-15;/h4-6,11,14H,3,7-10,12-13H2,1-2H3,(H,21,22);1H. The normalized spacial score (nSPS) is 14.5. The van der Waals surface area contributed by atoms with E-state index in [-0.39, 0.29) is 29.9 Å². The van der Waals surface area contributed by atoms with Gasteiger partial charge in [0.15, 0.2) is 5.96 Å². The highest BCUT2D eigenvalue weighted by Gasteiger charge is 2.23. The molecule has 0 saturated carbocycles. The number of piperazine rings is 1. The first-order valence-corrected chi connectivity index (χ1v) is 9.83. The van der Waals surface area contributed by atoms with E-state index < -0.39 is 0 Å². The number of guanidine groups is 1. The second-order valence-electron chi connectivity index (χ2n) is 6.64. The van der Waals surface area contributed by atoms with E-state index in [1.165, 1.54) is 6.33 Å². The smallest absolute Gasteiger partial charge is 0.227 e. The monoisotopic (exact) mass is 531 g/mol. The molecule has 0 aliphatic carbocycles. The number of benzene rings is 1. The predicted molar refractivity (Wildman–Crippen MR) is 125 cm³/mol. The SMILES string of the molecule is CCNC(=NCc1ncnn1C)N1CCN(C(=O)Cc2cccc(Cl)c2)CC1.I. The van der Waals surface area contributed by atoms with Gasteiger partial charge in [0.25, 0.3) is 0 Å². The van der Waals surface area contributed by atoms with Crippen molar-refractivity contribution < 1.29 is 4.79 Å². The lowest BCUT2D eigenvalue weighted by molar-refractivity contribution is -0.131. The number of aliphatic imine (C=N–C) groups is 1. The molecule has 10 heteroatoms. The molecule has 1 fully saturated rings. The van der Waals surface area contributed by atoms with E-state index in [0.29, 0.717) is 31.1 Å². The lowest BCUT2D eigenvalue weighted by Gasteiger charge is -2.36. The zero-order valence-electron chi connectivity index (χ0n) is 16.7. The number of halogens is 2. The lowest BCUT2D eigenvalue weighted by Crippen LogP contribution is -2.54. The number of hydrogen-bond acceptors (Lipinski definition) is 4. The Bertz CT molecular complexity index is 833. The molecule has 0 radical (unpaired) electrons. The molecule has 1 aliphatic rings. The van der Waals surface area contributed by atoms with Crippen molar-refractivity contribution >= 4 is 47.4 Å². The third-order valence-corrected chi connectivity index (χ3v) is 4.92. The molecular weight excluding hydrogens is 505 g/mol. The summed E-state index contributed by atoms with van der Waals surface area (Å²) < 4.78 is 1.72. The van der Waals surface area contributed by atoms with Gasteiger partial charge in [-0.25, -0.2) is 9.98 Å². The van der Waals surface area contributed by atoms with Crippen molar-refractivity contribution in [2.24, 2.45) is 12.0 Å². The molecule has 2 aromatic rings. The highest BCUT2D eigenvalue weighted by atomic mass is 127. The lowest BCUT2D eigenvalue weighted by atomic mass is 10.1. The van der Waals surface area contributed by atoms with Crippen molar-refractivity contribution in [1.29, 1.82) is 0 Å². The summed E-state index contributed by atoms with van der Waals surface area (Å²) in [4.78, 5) is 25.6. The predicted octanol–water partition coefficient (Wildman–Crippen LogP) is 1.94. The van der Waals surface area contributed by atoms with E-state index in [4.69, 9.17) is 11.6 Å². The maximum absolute atomic E-state index is 12.6. The first-order chi connectivity index (χ1) is 13.6. The van der Waals surface area contributed by atoms with Crippen molar-refractivity contribution in [2.75, 3.05) is 32.7 Å². The van der Waals surface area contributed by atoms with Crippen LogP contribution in [0, 0.1) is 0 Å². The number of aromatic nitrogens is 3. The molecule has 158 valence electrons. The first kappa shape index (κ1) is 23.4. The average molecular weight is 532 g/mol. The molecule has 1 aliphatic heterocycles. The summed E-state index contributed by atoms with van der Waals surface area (Å²) >= 11 is 6.01. The average Bonchev–Trinajstić information content (AvgIpc) is 3.10. The van der Waals surface area contributed by atoms with Gasteiger partial charge in [-0.05, 0) is 24.6 Å². The molecule has 8 nitrogen and oxygen atoms in total. The van der Waals surface area contributed by atoms with E-state index in [9.17, 15) is 4.79 Å². The third kappa shape index (κ3) is 6.56. The van der Waals surface area contributed by atoms with Crippen molar-refractivity contribution in [3.63, 3.8) is 0 Å². The Morgan fingerprint density at radius 3 is 2.59 bits per heavy atom. The summed E-state index contributed by atoms with van der Waals surface area (Å²) in [6.45, 7) is 6.13. The third-order valence-electron chi connectivity index (χ3n) is 4.69. The second-order valence-corrected chi connectivity index (χ2v) is 7.08. The van der Waals surface area contributed by atoms with Crippen molar-refractivity contribution in [2.45, 2.75) is 19.9 Å². The summed E-state index contributed by atoms with van der Waals surface area (Å²) in [5.41, 5.74) is 0.943. The minimum Gasteiger partial charge on any atom is -0.357 e. The van der Waals surface area contributed by atoms with Gasteiger partial charge in [-0.3, -0.25) is 9.48 Å². The molecule has 1 aromatic carbocycles. The van der Waals surface area contributed by atoms with Crippen LogP contribution in [0.15, 0.2) is 35.6 Å². The van der Waals surface area contributed by atoms with E-state index in [1.807, 2.05) is 43.1 Å². The summed E-state index contributed by atoms with van der Waals surface area (Å²) in [5.74, 6) is 1.78. The molecule has 1 saturated heterocycles. The molecule has 0 bridgehead atoms. The largest absolute Gasteiger partial charge is 0.357 e. The summed E-state index contributed by atoms with van der Waals surface area (Å²) in [6, 6.07) is 7.47. The van der Waals surface area contributed by atoms with Crippen LogP contribution in [0.25, 0.3) is 0 Å². The molecule has 0 unspecified atom stereocenters. The Hall–Kier alpha value is -1.88. The molecule has 1 aromatic heterocycles. The Balaban J connectivity index is 0.00000300. The Morgan fingerprint density at radius 2 is 1.97 bits per heavy atom. The van der Waals surface area contributed by atoms with Crippen LogP contribution in [0.2, 0.25) is 5.02 Å². The highest BCUT2D eigenvalue weighted by molar-refractivity contribution is 14.0. The van der Waals surface area contributed by atoms with Gasteiger partial charge in [0.05, 0.1) is 6.42 Å². The number of nitrogens with zero attached hydrogens (tertiary/aromatic N) is 6. The number of amides is 1. The van der Waals surface area contributed by atoms with Crippen LogP contribution >= 0.6 is 35.6 Å².